The van der Waals surface area contributed by atoms with Gasteiger partial charge in [-0.25, -0.2) is 4.98 Å². The van der Waals surface area contributed by atoms with Crippen molar-refractivity contribution in [1.82, 2.24) is 15.2 Å². The van der Waals surface area contributed by atoms with E-state index in [2.05, 4.69) is 31.1 Å². The van der Waals surface area contributed by atoms with E-state index in [4.69, 9.17) is 0 Å². The quantitative estimate of drug-likeness (QED) is 0.597. The van der Waals surface area contributed by atoms with Gasteiger partial charge in [-0.15, -0.1) is 11.3 Å². The van der Waals surface area contributed by atoms with Gasteiger partial charge in [-0.2, -0.15) is 0 Å². The van der Waals surface area contributed by atoms with E-state index in [1.807, 2.05) is 60.0 Å². The third-order valence-electron chi connectivity index (χ3n) is 5.83. The van der Waals surface area contributed by atoms with E-state index in [0.29, 0.717) is 25.1 Å². The number of amides is 2. The highest BCUT2D eigenvalue weighted by Crippen LogP contribution is 2.25. The average molecular weight is 448 g/mol. The first-order valence-corrected chi connectivity index (χ1v) is 11.9. The minimum absolute atomic E-state index is 0.0354. The van der Waals surface area contributed by atoms with Crippen molar-refractivity contribution in [3.05, 3.63) is 76.8 Å². The molecule has 0 bridgehead atoms. The second-order valence-electron chi connectivity index (χ2n) is 9.21. The first kappa shape index (κ1) is 22.2. The number of hydrogen-bond donors (Lipinski definition) is 1. The molecule has 0 saturated carbocycles. The van der Waals surface area contributed by atoms with Crippen LogP contribution in [0.4, 0.5) is 0 Å². The van der Waals surface area contributed by atoms with E-state index >= 15 is 0 Å². The fraction of sp³-hybridized carbons (Fsp3) is 0.346. The molecule has 3 aromatic rings. The Balaban J connectivity index is 1.38. The van der Waals surface area contributed by atoms with Crippen molar-refractivity contribution in [2.24, 2.45) is 0 Å². The maximum atomic E-state index is 13.1. The van der Waals surface area contributed by atoms with Gasteiger partial charge in [0, 0.05) is 23.1 Å². The predicted octanol–water partition coefficient (Wildman–Crippen LogP) is 5.03. The largest absolute Gasteiger partial charge is 0.349 e. The Bertz CT molecular complexity index is 1080. The SMILES string of the molecule is CC(C)(C)c1ccc(C(=O)N2CCC[C@@H]2C(=O)NCc2csc(-c3ccccc3)n2)cc1. The summed E-state index contributed by atoms with van der Waals surface area (Å²) < 4.78 is 0. The van der Waals surface area contributed by atoms with Crippen molar-refractivity contribution >= 4 is 23.2 Å². The number of aromatic nitrogens is 1. The lowest BCUT2D eigenvalue weighted by atomic mass is 9.86. The number of carbonyl (C=O) groups excluding carboxylic acids is 2. The average Bonchev–Trinajstić information content (AvgIpc) is 3.47. The Morgan fingerprint density at radius 2 is 1.81 bits per heavy atom. The van der Waals surface area contributed by atoms with E-state index in [9.17, 15) is 9.59 Å². The van der Waals surface area contributed by atoms with Crippen LogP contribution in [0.3, 0.4) is 0 Å². The van der Waals surface area contributed by atoms with Crippen molar-refractivity contribution in [2.45, 2.75) is 51.6 Å². The lowest BCUT2D eigenvalue weighted by molar-refractivity contribution is -0.125. The lowest BCUT2D eigenvalue weighted by Gasteiger charge is -2.24. The van der Waals surface area contributed by atoms with Gasteiger partial charge < -0.3 is 10.2 Å². The molecule has 0 radical (unpaired) electrons. The zero-order chi connectivity index (χ0) is 22.7. The Hall–Kier alpha value is -2.99. The summed E-state index contributed by atoms with van der Waals surface area (Å²) in [6.07, 6.45) is 1.52. The fourth-order valence-electron chi connectivity index (χ4n) is 3.96. The molecule has 1 saturated heterocycles. The second kappa shape index (κ2) is 9.25. The van der Waals surface area contributed by atoms with E-state index < -0.39 is 6.04 Å². The Morgan fingerprint density at radius 3 is 2.50 bits per heavy atom. The molecule has 1 N–H and O–H groups in total. The molecule has 4 rings (SSSR count). The van der Waals surface area contributed by atoms with Gasteiger partial charge in [0.25, 0.3) is 5.91 Å². The van der Waals surface area contributed by atoms with Crippen molar-refractivity contribution < 1.29 is 9.59 Å². The highest BCUT2D eigenvalue weighted by atomic mass is 32.1. The third kappa shape index (κ3) is 4.91. The summed E-state index contributed by atoms with van der Waals surface area (Å²) in [5.74, 6) is -0.195. The van der Waals surface area contributed by atoms with Gasteiger partial charge in [-0.05, 0) is 36.0 Å². The molecule has 2 aromatic carbocycles. The topological polar surface area (TPSA) is 62.3 Å². The molecule has 1 aromatic heterocycles. The Kier molecular flexibility index (Phi) is 6.42. The van der Waals surface area contributed by atoms with Gasteiger partial charge in [0.2, 0.25) is 5.91 Å². The van der Waals surface area contributed by atoms with Crippen molar-refractivity contribution in [3.8, 4) is 10.6 Å². The minimum atomic E-state index is -0.433. The smallest absolute Gasteiger partial charge is 0.254 e. The summed E-state index contributed by atoms with van der Waals surface area (Å²) in [7, 11) is 0. The molecule has 0 aliphatic carbocycles. The molecular formula is C26H29N3O2S. The van der Waals surface area contributed by atoms with Gasteiger partial charge in [-0.1, -0.05) is 63.2 Å². The van der Waals surface area contributed by atoms with Crippen molar-refractivity contribution in [3.63, 3.8) is 0 Å². The third-order valence-corrected chi connectivity index (χ3v) is 6.77. The van der Waals surface area contributed by atoms with E-state index in [1.54, 1.807) is 16.2 Å². The number of carbonyl (C=O) groups is 2. The maximum Gasteiger partial charge on any atom is 0.254 e. The zero-order valence-corrected chi connectivity index (χ0v) is 19.6. The van der Waals surface area contributed by atoms with Crippen LogP contribution in [0.5, 0.6) is 0 Å². The standard InChI is InChI=1S/C26H29N3O2S/c1-26(2,3)20-13-11-19(12-14-20)25(31)29-15-7-10-22(29)23(30)27-16-21-17-32-24(28-21)18-8-5-4-6-9-18/h4-6,8-9,11-14,17,22H,7,10,15-16H2,1-3H3,(H,27,30)/t22-/m1/s1. The fourth-order valence-corrected chi connectivity index (χ4v) is 4.78. The first-order valence-electron chi connectivity index (χ1n) is 11.0. The normalized spacial score (nSPS) is 16.2. The van der Waals surface area contributed by atoms with Gasteiger partial charge in [0.05, 0.1) is 12.2 Å². The summed E-state index contributed by atoms with van der Waals surface area (Å²) in [6, 6.07) is 17.3. The molecule has 2 amide bonds. The van der Waals surface area contributed by atoms with Gasteiger partial charge >= 0.3 is 0 Å². The van der Waals surface area contributed by atoms with Crippen LogP contribution in [0, 0.1) is 0 Å². The van der Waals surface area contributed by atoms with Gasteiger partial charge in [0.1, 0.15) is 11.0 Å². The molecule has 1 aliphatic heterocycles. The molecule has 0 unspecified atom stereocenters. The van der Waals surface area contributed by atoms with Crippen molar-refractivity contribution in [2.75, 3.05) is 6.54 Å². The molecule has 5 nitrogen and oxygen atoms in total. The Labute approximate surface area is 193 Å². The summed E-state index contributed by atoms with van der Waals surface area (Å²) >= 11 is 1.57. The number of thiazole rings is 1. The number of rotatable bonds is 5. The molecule has 2 heterocycles. The molecule has 32 heavy (non-hydrogen) atoms. The molecule has 166 valence electrons. The number of hydrogen-bond acceptors (Lipinski definition) is 4. The van der Waals surface area contributed by atoms with Crippen LogP contribution in [0.1, 0.15) is 55.2 Å². The van der Waals surface area contributed by atoms with Crippen LogP contribution in [0.2, 0.25) is 0 Å². The summed E-state index contributed by atoms with van der Waals surface area (Å²) in [5.41, 5.74) is 3.75. The Morgan fingerprint density at radius 1 is 1.09 bits per heavy atom. The van der Waals surface area contributed by atoms with Crippen LogP contribution < -0.4 is 5.32 Å². The minimum Gasteiger partial charge on any atom is -0.349 e. The highest BCUT2D eigenvalue weighted by molar-refractivity contribution is 7.13. The number of likely N-dealkylation sites (tertiary alicyclic amines) is 1. The number of nitrogens with one attached hydrogen (secondary N) is 1. The summed E-state index contributed by atoms with van der Waals surface area (Å²) in [5, 5.41) is 5.89. The van der Waals surface area contributed by atoms with E-state index in [0.717, 1.165) is 22.7 Å². The van der Waals surface area contributed by atoms with Gasteiger partial charge in [-0.3, -0.25) is 9.59 Å². The number of nitrogens with zero attached hydrogens (tertiary/aromatic N) is 2. The maximum absolute atomic E-state index is 13.1. The molecular weight excluding hydrogens is 418 g/mol. The molecule has 1 atom stereocenters. The summed E-state index contributed by atoms with van der Waals surface area (Å²) in [6.45, 7) is 7.41. The lowest BCUT2D eigenvalue weighted by Crippen LogP contribution is -2.45. The number of benzene rings is 2. The molecule has 0 spiro atoms. The van der Waals surface area contributed by atoms with Crippen LogP contribution in [-0.2, 0) is 16.8 Å². The van der Waals surface area contributed by atoms with Crippen LogP contribution in [0.25, 0.3) is 10.6 Å². The molecule has 1 fully saturated rings. The molecule has 1 aliphatic rings. The van der Waals surface area contributed by atoms with Crippen LogP contribution in [-0.4, -0.2) is 34.3 Å². The van der Waals surface area contributed by atoms with Gasteiger partial charge in [0.15, 0.2) is 0 Å². The van der Waals surface area contributed by atoms with Crippen molar-refractivity contribution in [1.29, 1.82) is 0 Å². The molecule has 6 heteroatoms. The first-order chi connectivity index (χ1) is 15.3. The summed E-state index contributed by atoms with van der Waals surface area (Å²) in [4.78, 5) is 32.3. The second-order valence-corrected chi connectivity index (χ2v) is 10.1. The zero-order valence-electron chi connectivity index (χ0n) is 18.8. The van der Waals surface area contributed by atoms with Crippen LogP contribution >= 0.6 is 11.3 Å². The predicted molar refractivity (Wildman–Crippen MR) is 129 cm³/mol. The van der Waals surface area contributed by atoms with Crippen LogP contribution in [0.15, 0.2) is 60.0 Å². The van der Waals surface area contributed by atoms with E-state index in [-0.39, 0.29) is 17.2 Å². The van der Waals surface area contributed by atoms with E-state index in [1.165, 1.54) is 5.56 Å². The highest BCUT2D eigenvalue weighted by Gasteiger charge is 2.34. The monoisotopic (exact) mass is 447 g/mol.